The molecule has 2 aromatic rings. The Morgan fingerprint density at radius 2 is 2.08 bits per heavy atom. The summed E-state index contributed by atoms with van der Waals surface area (Å²) in [6.45, 7) is 4.16. The monoisotopic (exact) mass is 375 g/mol. The first-order chi connectivity index (χ1) is 11.6. The van der Waals surface area contributed by atoms with Gasteiger partial charge in [-0.1, -0.05) is 25.4 Å². The lowest BCUT2D eigenvalue weighted by atomic mass is 10.2. The van der Waals surface area contributed by atoms with Crippen molar-refractivity contribution >= 4 is 23.2 Å². The zero-order valence-electron chi connectivity index (χ0n) is 13.6. The number of alkyl halides is 3. The van der Waals surface area contributed by atoms with Gasteiger partial charge in [-0.15, -0.1) is 0 Å². The molecule has 0 fully saturated rings. The first-order valence-electron chi connectivity index (χ1n) is 7.48. The van der Waals surface area contributed by atoms with Crippen LogP contribution in [0.3, 0.4) is 0 Å². The molecule has 9 heteroatoms. The van der Waals surface area contributed by atoms with Crippen LogP contribution in [0.5, 0.6) is 5.75 Å². The third-order valence-corrected chi connectivity index (χ3v) is 3.32. The first kappa shape index (κ1) is 19.1. The molecule has 136 valence electrons. The second-order valence-corrected chi connectivity index (χ2v) is 6.20. The fourth-order valence-electron chi connectivity index (χ4n) is 1.90. The van der Waals surface area contributed by atoms with E-state index in [1.54, 1.807) is 12.1 Å². The molecule has 1 aromatic heterocycles. The van der Waals surface area contributed by atoms with E-state index < -0.39 is 17.8 Å². The Balaban J connectivity index is 1.96. The SMILES string of the molecule is CC(C)COc1ccc(NC(=O)Cn2ccc(C(F)(F)F)n2)cc1Cl. The Hall–Kier alpha value is -2.22. The quantitative estimate of drug-likeness (QED) is 0.822. The fourth-order valence-corrected chi connectivity index (χ4v) is 2.14. The number of halogens is 4. The number of carbonyl (C=O) groups excluding carboxylic acids is 1. The van der Waals surface area contributed by atoms with Gasteiger partial charge >= 0.3 is 6.18 Å². The van der Waals surface area contributed by atoms with Crippen molar-refractivity contribution in [2.24, 2.45) is 5.92 Å². The van der Waals surface area contributed by atoms with E-state index in [0.717, 1.165) is 16.9 Å². The Morgan fingerprint density at radius 1 is 1.36 bits per heavy atom. The van der Waals surface area contributed by atoms with Gasteiger partial charge in [-0.05, 0) is 30.2 Å². The van der Waals surface area contributed by atoms with Gasteiger partial charge in [0.1, 0.15) is 12.3 Å². The minimum Gasteiger partial charge on any atom is -0.492 e. The predicted molar refractivity (Wildman–Crippen MR) is 87.6 cm³/mol. The van der Waals surface area contributed by atoms with Crippen LogP contribution in [-0.2, 0) is 17.5 Å². The van der Waals surface area contributed by atoms with Gasteiger partial charge in [0.15, 0.2) is 5.69 Å². The van der Waals surface area contributed by atoms with E-state index >= 15 is 0 Å². The van der Waals surface area contributed by atoms with Gasteiger partial charge in [-0.25, -0.2) is 0 Å². The molecule has 1 N–H and O–H groups in total. The number of amides is 1. The topological polar surface area (TPSA) is 56.1 Å². The second-order valence-electron chi connectivity index (χ2n) is 5.79. The molecule has 25 heavy (non-hydrogen) atoms. The minimum absolute atomic E-state index is 0.330. The molecule has 1 amide bonds. The highest BCUT2D eigenvalue weighted by Crippen LogP contribution is 2.28. The minimum atomic E-state index is -4.54. The van der Waals surface area contributed by atoms with Crippen LogP contribution in [0.15, 0.2) is 30.5 Å². The van der Waals surface area contributed by atoms with Crippen molar-refractivity contribution in [3.05, 3.63) is 41.2 Å². The summed E-state index contributed by atoms with van der Waals surface area (Å²) in [7, 11) is 0. The Kier molecular flexibility index (Phi) is 5.94. The van der Waals surface area contributed by atoms with Gasteiger partial charge in [0.25, 0.3) is 0 Å². The molecule has 0 bridgehead atoms. The van der Waals surface area contributed by atoms with E-state index in [-0.39, 0.29) is 6.54 Å². The molecule has 0 saturated heterocycles. The average molecular weight is 376 g/mol. The first-order valence-corrected chi connectivity index (χ1v) is 7.86. The second kappa shape index (κ2) is 7.77. The number of nitrogens with one attached hydrogen (secondary N) is 1. The molecule has 0 aliphatic carbocycles. The van der Waals surface area contributed by atoms with Gasteiger partial charge in [0.05, 0.1) is 11.6 Å². The smallest absolute Gasteiger partial charge is 0.435 e. The summed E-state index contributed by atoms with van der Waals surface area (Å²) in [6.07, 6.45) is -3.45. The van der Waals surface area contributed by atoms with E-state index in [1.807, 2.05) is 13.8 Å². The van der Waals surface area contributed by atoms with Crippen LogP contribution in [0.2, 0.25) is 5.02 Å². The number of hydrogen-bond acceptors (Lipinski definition) is 3. The van der Waals surface area contributed by atoms with Crippen molar-refractivity contribution in [3.63, 3.8) is 0 Å². The van der Waals surface area contributed by atoms with Crippen LogP contribution in [-0.4, -0.2) is 22.3 Å². The molecule has 5 nitrogen and oxygen atoms in total. The number of benzene rings is 1. The normalized spacial score (nSPS) is 11.6. The summed E-state index contributed by atoms with van der Waals surface area (Å²) >= 11 is 6.09. The van der Waals surface area contributed by atoms with E-state index in [4.69, 9.17) is 16.3 Å². The van der Waals surface area contributed by atoms with Crippen molar-refractivity contribution in [2.45, 2.75) is 26.6 Å². The lowest BCUT2D eigenvalue weighted by Crippen LogP contribution is -2.19. The molecule has 0 aliphatic heterocycles. The number of rotatable bonds is 6. The summed E-state index contributed by atoms with van der Waals surface area (Å²) in [5, 5.41) is 6.20. The standard InChI is InChI=1S/C16H17ClF3N3O2/c1-10(2)9-25-13-4-3-11(7-12(13)17)21-15(24)8-23-6-5-14(22-23)16(18,19)20/h3-7,10H,8-9H2,1-2H3,(H,21,24). The molecule has 0 aliphatic rings. The molecule has 1 aromatic carbocycles. The lowest BCUT2D eigenvalue weighted by molar-refractivity contribution is -0.141. The van der Waals surface area contributed by atoms with Gasteiger partial charge in [0, 0.05) is 11.9 Å². The number of hydrogen-bond donors (Lipinski definition) is 1. The largest absolute Gasteiger partial charge is 0.492 e. The fraction of sp³-hybridized carbons (Fsp3) is 0.375. The third kappa shape index (κ3) is 5.67. The summed E-state index contributed by atoms with van der Waals surface area (Å²) in [5.74, 6) is 0.310. The predicted octanol–water partition coefficient (Wildman–Crippen LogP) is 4.23. The number of nitrogens with zero attached hydrogens (tertiary/aromatic N) is 2. The van der Waals surface area contributed by atoms with Crippen LogP contribution in [0.25, 0.3) is 0 Å². The van der Waals surface area contributed by atoms with Crippen molar-refractivity contribution < 1.29 is 22.7 Å². The molecule has 2 rings (SSSR count). The maximum Gasteiger partial charge on any atom is 0.435 e. The highest BCUT2D eigenvalue weighted by Gasteiger charge is 2.33. The third-order valence-electron chi connectivity index (χ3n) is 3.02. The van der Waals surface area contributed by atoms with Crippen molar-refractivity contribution in [3.8, 4) is 5.75 Å². The summed E-state index contributed by atoms with van der Waals surface area (Å²) in [5.41, 5.74) is -0.634. The maximum atomic E-state index is 12.5. The van der Waals surface area contributed by atoms with Crippen LogP contribution in [0.1, 0.15) is 19.5 Å². The van der Waals surface area contributed by atoms with Gasteiger partial charge in [-0.3, -0.25) is 9.48 Å². The van der Waals surface area contributed by atoms with Crippen molar-refractivity contribution in [2.75, 3.05) is 11.9 Å². The van der Waals surface area contributed by atoms with E-state index in [0.29, 0.717) is 29.0 Å². The lowest BCUT2D eigenvalue weighted by Gasteiger charge is -2.12. The molecule has 0 radical (unpaired) electrons. The Bertz CT molecular complexity index is 744. The van der Waals surface area contributed by atoms with E-state index in [1.165, 1.54) is 6.07 Å². The maximum absolute atomic E-state index is 12.5. The van der Waals surface area contributed by atoms with Crippen molar-refractivity contribution in [1.29, 1.82) is 0 Å². The summed E-state index contributed by atoms with van der Waals surface area (Å²) in [4.78, 5) is 11.9. The molecule has 0 saturated carbocycles. The molecule has 1 heterocycles. The zero-order valence-corrected chi connectivity index (χ0v) is 14.4. The summed E-state index contributed by atoms with van der Waals surface area (Å²) < 4.78 is 43.9. The molecule has 0 atom stereocenters. The molecular weight excluding hydrogens is 359 g/mol. The number of aromatic nitrogens is 2. The zero-order chi connectivity index (χ0) is 18.6. The number of ether oxygens (including phenoxy) is 1. The van der Waals surface area contributed by atoms with Gasteiger partial charge < -0.3 is 10.1 Å². The highest BCUT2D eigenvalue weighted by molar-refractivity contribution is 6.32. The van der Waals surface area contributed by atoms with Crippen LogP contribution < -0.4 is 10.1 Å². The van der Waals surface area contributed by atoms with Crippen LogP contribution >= 0.6 is 11.6 Å². The Labute approximate surface area is 147 Å². The van der Waals surface area contributed by atoms with Crippen LogP contribution in [0, 0.1) is 5.92 Å². The highest BCUT2D eigenvalue weighted by atomic mass is 35.5. The van der Waals surface area contributed by atoms with Gasteiger partial charge in [-0.2, -0.15) is 18.3 Å². The van der Waals surface area contributed by atoms with E-state index in [2.05, 4.69) is 10.4 Å². The average Bonchev–Trinajstić information content (AvgIpc) is 2.94. The molecule has 0 unspecified atom stereocenters. The molecule has 0 spiro atoms. The Morgan fingerprint density at radius 3 is 2.64 bits per heavy atom. The van der Waals surface area contributed by atoms with Crippen LogP contribution in [0.4, 0.5) is 18.9 Å². The summed E-state index contributed by atoms with van der Waals surface area (Å²) in [6, 6.07) is 5.55. The number of anilines is 1. The number of carbonyl (C=O) groups is 1. The van der Waals surface area contributed by atoms with E-state index in [9.17, 15) is 18.0 Å². The van der Waals surface area contributed by atoms with Gasteiger partial charge in [0.2, 0.25) is 5.91 Å². The van der Waals surface area contributed by atoms with Crippen molar-refractivity contribution in [1.82, 2.24) is 9.78 Å². The molecular formula is C16H17ClF3N3O2.